The highest BCUT2D eigenvalue weighted by atomic mass is 79.9. The molecule has 0 amide bonds. The van der Waals surface area contributed by atoms with Gasteiger partial charge in [0.25, 0.3) is 0 Å². The first kappa shape index (κ1) is 16.1. The van der Waals surface area contributed by atoms with Crippen molar-refractivity contribution in [2.75, 3.05) is 5.33 Å². The summed E-state index contributed by atoms with van der Waals surface area (Å²) >= 11 is 9.53. The topological polar surface area (TPSA) is 0 Å². The SMILES string of the molecule is Clc1ccc(-c2ccc(C3CCC(CCBr)CC3)cc2)cc1. The molecule has 2 aromatic rings. The molecule has 0 unspecified atom stereocenters. The van der Waals surface area contributed by atoms with Crippen LogP contribution < -0.4 is 0 Å². The van der Waals surface area contributed by atoms with E-state index in [0.717, 1.165) is 22.2 Å². The van der Waals surface area contributed by atoms with Crippen LogP contribution in [0.3, 0.4) is 0 Å². The molecule has 0 atom stereocenters. The molecular weight excluding hydrogens is 356 g/mol. The lowest BCUT2D eigenvalue weighted by molar-refractivity contribution is 0.321. The summed E-state index contributed by atoms with van der Waals surface area (Å²) in [6.45, 7) is 0. The molecule has 2 heteroatoms. The van der Waals surface area contributed by atoms with Crippen LogP contribution in [0.15, 0.2) is 48.5 Å². The molecule has 2 aromatic carbocycles. The predicted molar refractivity (Wildman–Crippen MR) is 100.0 cm³/mol. The normalized spacial score (nSPS) is 21.7. The van der Waals surface area contributed by atoms with E-state index in [4.69, 9.17) is 11.6 Å². The lowest BCUT2D eigenvalue weighted by atomic mass is 9.77. The van der Waals surface area contributed by atoms with Crippen LogP contribution in [-0.4, -0.2) is 5.33 Å². The molecule has 116 valence electrons. The Morgan fingerprint density at radius 3 is 1.91 bits per heavy atom. The van der Waals surface area contributed by atoms with Gasteiger partial charge >= 0.3 is 0 Å². The van der Waals surface area contributed by atoms with Crippen LogP contribution in [0, 0.1) is 5.92 Å². The first-order valence-electron chi connectivity index (χ1n) is 8.18. The summed E-state index contributed by atoms with van der Waals surface area (Å²) < 4.78 is 0. The van der Waals surface area contributed by atoms with Crippen molar-refractivity contribution in [1.82, 2.24) is 0 Å². The quantitative estimate of drug-likeness (QED) is 0.500. The van der Waals surface area contributed by atoms with Gasteiger partial charge in [0.15, 0.2) is 0 Å². The molecule has 1 fully saturated rings. The second-order valence-corrected chi connectivity index (χ2v) is 7.55. The third-order valence-electron chi connectivity index (χ3n) is 4.92. The average molecular weight is 378 g/mol. The van der Waals surface area contributed by atoms with Crippen molar-refractivity contribution >= 4 is 27.5 Å². The molecule has 0 spiro atoms. The second-order valence-electron chi connectivity index (χ2n) is 6.32. The molecule has 1 saturated carbocycles. The third kappa shape index (κ3) is 3.94. The van der Waals surface area contributed by atoms with Crippen molar-refractivity contribution in [3.8, 4) is 11.1 Å². The molecule has 1 aliphatic rings. The van der Waals surface area contributed by atoms with E-state index in [-0.39, 0.29) is 0 Å². The van der Waals surface area contributed by atoms with Gasteiger partial charge in [-0.2, -0.15) is 0 Å². The Balaban J connectivity index is 1.66. The van der Waals surface area contributed by atoms with Gasteiger partial charge in [-0.05, 0) is 72.8 Å². The maximum Gasteiger partial charge on any atom is 0.0406 e. The molecule has 22 heavy (non-hydrogen) atoms. The van der Waals surface area contributed by atoms with Crippen molar-refractivity contribution in [3.63, 3.8) is 0 Å². The van der Waals surface area contributed by atoms with E-state index in [1.807, 2.05) is 12.1 Å². The summed E-state index contributed by atoms with van der Waals surface area (Å²) in [5.41, 5.74) is 4.01. The average Bonchev–Trinajstić information content (AvgIpc) is 2.57. The first-order valence-corrected chi connectivity index (χ1v) is 9.68. The van der Waals surface area contributed by atoms with Crippen molar-refractivity contribution in [2.24, 2.45) is 5.92 Å². The van der Waals surface area contributed by atoms with Gasteiger partial charge < -0.3 is 0 Å². The molecule has 0 nitrogen and oxygen atoms in total. The van der Waals surface area contributed by atoms with E-state index in [2.05, 4.69) is 52.3 Å². The minimum Gasteiger partial charge on any atom is -0.0928 e. The van der Waals surface area contributed by atoms with Crippen molar-refractivity contribution < 1.29 is 0 Å². The van der Waals surface area contributed by atoms with E-state index >= 15 is 0 Å². The van der Waals surface area contributed by atoms with Crippen LogP contribution in [-0.2, 0) is 0 Å². The Bertz CT molecular complexity index is 580. The van der Waals surface area contributed by atoms with E-state index in [1.54, 1.807) is 0 Å². The standard InChI is InChI=1S/C20H22BrCl/c21-14-13-15-1-3-16(4-2-15)17-5-7-18(8-6-17)19-9-11-20(22)12-10-19/h5-12,15-16H,1-4,13-14H2. The van der Waals surface area contributed by atoms with Gasteiger partial charge in [-0.25, -0.2) is 0 Å². The minimum atomic E-state index is 0.755. The summed E-state index contributed by atoms with van der Waals surface area (Å²) in [6.07, 6.45) is 6.79. The van der Waals surface area contributed by atoms with Crippen LogP contribution in [0.4, 0.5) is 0 Å². The molecule has 0 radical (unpaired) electrons. The third-order valence-corrected chi connectivity index (χ3v) is 5.63. The molecule has 0 aliphatic heterocycles. The highest BCUT2D eigenvalue weighted by Crippen LogP contribution is 2.37. The van der Waals surface area contributed by atoms with Crippen LogP contribution in [0.25, 0.3) is 11.1 Å². The van der Waals surface area contributed by atoms with Gasteiger partial charge in [-0.15, -0.1) is 0 Å². The van der Waals surface area contributed by atoms with Crippen LogP contribution in [0.5, 0.6) is 0 Å². The summed E-state index contributed by atoms with van der Waals surface area (Å²) in [7, 11) is 0. The fourth-order valence-electron chi connectivity index (χ4n) is 3.53. The summed E-state index contributed by atoms with van der Waals surface area (Å²) in [5.74, 6) is 1.69. The van der Waals surface area contributed by atoms with E-state index in [1.165, 1.54) is 48.8 Å². The largest absolute Gasteiger partial charge is 0.0928 e. The number of halogens is 2. The Kier molecular flexibility index (Phi) is 5.60. The van der Waals surface area contributed by atoms with Gasteiger partial charge in [0.1, 0.15) is 0 Å². The molecule has 0 N–H and O–H groups in total. The number of benzene rings is 2. The first-order chi connectivity index (χ1) is 10.8. The second kappa shape index (κ2) is 7.66. The smallest absolute Gasteiger partial charge is 0.0406 e. The Hall–Kier alpha value is -0.790. The van der Waals surface area contributed by atoms with Gasteiger partial charge in [0.2, 0.25) is 0 Å². The molecule has 0 bridgehead atoms. The van der Waals surface area contributed by atoms with Crippen LogP contribution in [0.1, 0.15) is 43.6 Å². The van der Waals surface area contributed by atoms with Crippen LogP contribution in [0.2, 0.25) is 5.02 Å². The van der Waals surface area contributed by atoms with Gasteiger partial charge in [0.05, 0.1) is 0 Å². The van der Waals surface area contributed by atoms with Crippen molar-refractivity contribution in [2.45, 2.75) is 38.0 Å². The molecule has 0 aromatic heterocycles. The fraction of sp³-hybridized carbons (Fsp3) is 0.400. The van der Waals surface area contributed by atoms with Crippen molar-refractivity contribution in [3.05, 3.63) is 59.1 Å². The number of hydrogen-bond donors (Lipinski definition) is 0. The zero-order valence-electron chi connectivity index (χ0n) is 12.8. The summed E-state index contributed by atoms with van der Waals surface area (Å²) in [4.78, 5) is 0. The van der Waals surface area contributed by atoms with Gasteiger partial charge in [-0.3, -0.25) is 0 Å². The predicted octanol–water partition coefficient (Wildman–Crippen LogP) is 7.07. The maximum absolute atomic E-state index is 5.96. The Morgan fingerprint density at radius 2 is 1.36 bits per heavy atom. The number of alkyl halides is 1. The zero-order valence-corrected chi connectivity index (χ0v) is 15.1. The Morgan fingerprint density at radius 1 is 0.818 bits per heavy atom. The highest BCUT2D eigenvalue weighted by Gasteiger charge is 2.21. The van der Waals surface area contributed by atoms with E-state index < -0.39 is 0 Å². The molecular formula is C20H22BrCl. The summed E-state index contributed by atoms with van der Waals surface area (Å²) in [5, 5.41) is 1.94. The van der Waals surface area contributed by atoms with Gasteiger partial charge in [-0.1, -0.05) is 63.9 Å². The molecule has 0 saturated heterocycles. The van der Waals surface area contributed by atoms with Crippen molar-refractivity contribution in [1.29, 1.82) is 0 Å². The summed E-state index contributed by atoms with van der Waals surface area (Å²) in [6, 6.07) is 17.2. The lowest BCUT2D eigenvalue weighted by Gasteiger charge is -2.28. The van der Waals surface area contributed by atoms with E-state index in [0.29, 0.717) is 0 Å². The molecule has 1 aliphatic carbocycles. The molecule has 0 heterocycles. The zero-order chi connectivity index (χ0) is 15.4. The lowest BCUT2D eigenvalue weighted by Crippen LogP contribution is -2.13. The van der Waals surface area contributed by atoms with E-state index in [9.17, 15) is 0 Å². The highest BCUT2D eigenvalue weighted by molar-refractivity contribution is 9.09. The Labute approximate surface area is 147 Å². The van der Waals surface area contributed by atoms with Gasteiger partial charge in [0, 0.05) is 10.4 Å². The number of rotatable bonds is 4. The monoisotopic (exact) mass is 376 g/mol. The number of hydrogen-bond acceptors (Lipinski definition) is 0. The fourth-order valence-corrected chi connectivity index (χ4v) is 4.30. The van der Waals surface area contributed by atoms with Crippen LogP contribution >= 0.6 is 27.5 Å². The maximum atomic E-state index is 5.96. The molecule has 3 rings (SSSR count). The minimum absolute atomic E-state index is 0.755.